The zero-order valence-corrected chi connectivity index (χ0v) is 18.5. The van der Waals surface area contributed by atoms with Gasteiger partial charge in [-0.1, -0.05) is 35.6 Å². The lowest BCUT2D eigenvalue weighted by Crippen LogP contribution is -2.40. The maximum atomic E-state index is 13.4. The predicted molar refractivity (Wildman–Crippen MR) is 120 cm³/mol. The van der Waals surface area contributed by atoms with Crippen LogP contribution in [0.5, 0.6) is 0 Å². The first-order valence-corrected chi connectivity index (χ1v) is 10.8. The van der Waals surface area contributed by atoms with Crippen molar-refractivity contribution in [2.24, 2.45) is 4.99 Å². The highest BCUT2D eigenvalue weighted by molar-refractivity contribution is 7.07. The third kappa shape index (κ3) is 4.24. The normalized spacial score (nSPS) is 15.7. The lowest BCUT2D eigenvalue weighted by molar-refractivity contribution is -0.384. The van der Waals surface area contributed by atoms with E-state index in [2.05, 4.69) is 4.99 Å². The quantitative estimate of drug-likeness (QED) is 0.326. The van der Waals surface area contributed by atoms with Crippen LogP contribution in [0, 0.1) is 15.9 Å². The summed E-state index contributed by atoms with van der Waals surface area (Å²) in [6, 6.07) is 10.5. The van der Waals surface area contributed by atoms with Gasteiger partial charge in [0.05, 0.1) is 33.4 Å². The summed E-state index contributed by atoms with van der Waals surface area (Å²) in [5.74, 6) is -1.04. The number of nitro groups is 1. The van der Waals surface area contributed by atoms with E-state index >= 15 is 0 Å². The number of nitrogens with zero attached hydrogens (tertiary/aromatic N) is 3. The van der Waals surface area contributed by atoms with Crippen molar-refractivity contribution in [3.63, 3.8) is 0 Å². The standard InChI is InChI=1S/C23H18FN3O5S/c1-3-32-22(29)19-13(2)25-23-26(20(19)15-5-4-6-17(12-15)27(30)31)21(28)18(33-23)11-14-7-9-16(24)10-8-14/h4-12,20H,3H2,1-2H3/b18-11+. The molecule has 1 aliphatic heterocycles. The van der Waals surface area contributed by atoms with E-state index in [4.69, 9.17) is 4.74 Å². The first kappa shape index (κ1) is 22.3. The van der Waals surface area contributed by atoms with Gasteiger partial charge in [-0.15, -0.1) is 0 Å². The molecule has 1 atom stereocenters. The van der Waals surface area contributed by atoms with Crippen molar-refractivity contribution in [3.05, 3.63) is 107 Å². The molecule has 2 heterocycles. The molecule has 10 heteroatoms. The molecule has 2 aromatic carbocycles. The predicted octanol–water partition coefficient (Wildman–Crippen LogP) is 2.85. The zero-order valence-electron chi connectivity index (χ0n) is 17.6. The summed E-state index contributed by atoms with van der Waals surface area (Å²) >= 11 is 1.12. The molecule has 33 heavy (non-hydrogen) atoms. The maximum Gasteiger partial charge on any atom is 0.338 e. The van der Waals surface area contributed by atoms with Gasteiger partial charge in [0.15, 0.2) is 4.80 Å². The van der Waals surface area contributed by atoms with E-state index in [1.807, 2.05) is 0 Å². The van der Waals surface area contributed by atoms with E-state index < -0.39 is 28.3 Å². The summed E-state index contributed by atoms with van der Waals surface area (Å²) < 4.78 is 20.1. The Labute approximate surface area is 190 Å². The third-order valence-corrected chi connectivity index (χ3v) is 6.06. The SMILES string of the molecule is CCOC(=O)C1=C(C)N=c2s/c(=C/c3ccc(F)cc3)c(=O)n2C1c1cccc([N+](=O)[O-])c1. The molecular formula is C23H18FN3O5S. The molecule has 0 aliphatic carbocycles. The van der Waals surface area contributed by atoms with Gasteiger partial charge in [0.2, 0.25) is 0 Å². The number of ether oxygens (including phenoxy) is 1. The van der Waals surface area contributed by atoms with Crippen LogP contribution in [0.25, 0.3) is 6.08 Å². The van der Waals surface area contributed by atoms with E-state index in [1.54, 1.807) is 38.1 Å². The van der Waals surface area contributed by atoms with Gasteiger partial charge >= 0.3 is 5.97 Å². The monoisotopic (exact) mass is 467 g/mol. The van der Waals surface area contributed by atoms with E-state index in [-0.39, 0.29) is 17.9 Å². The molecular weight excluding hydrogens is 449 g/mol. The largest absolute Gasteiger partial charge is 0.463 e. The number of carbonyl (C=O) groups is 1. The summed E-state index contributed by atoms with van der Waals surface area (Å²) in [5.41, 5.74) is 0.913. The van der Waals surface area contributed by atoms with Gasteiger partial charge in [-0.3, -0.25) is 19.5 Å². The molecule has 1 aliphatic rings. The number of thiazole rings is 1. The first-order chi connectivity index (χ1) is 15.8. The Hall–Kier alpha value is -3.92. The number of halogens is 1. The molecule has 0 N–H and O–H groups in total. The molecule has 0 saturated carbocycles. The third-order valence-electron chi connectivity index (χ3n) is 5.08. The second kappa shape index (κ2) is 8.91. The molecule has 168 valence electrons. The van der Waals surface area contributed by atoms with Crippen LogP contribution >= 0.6 is 11.3 Å². The number of carbonyl (C=O) groups excluding carboxylic acids is 1. The summed E-state index contributed by atoms with van der Waals surface area (Å²) in [6.07, 6.45) is 1.61. The first-order valence-electron chi connectivity index (χ1n) is 9.99. The minimum Gasteiger partial charge on any atom is -0.463 e. The Morgan fingerprint density at radius 2 is 2.03 bits per heavy atom. The fourth-order valence-corrected chi connectivity index (χ4v) is 4.67. The molecule has 0 radical (unpaired) electrons. The van der Waals surface area contributed by atoms with Gasteiger partial charge in [0.25, 0.3) is 11.2 Å². The van der Waals surface area contributed by atoms with Crippen molar-refractivity contribution < 1.29 is 18.8 Å². The van der Waals surface area contributed by atoms with Gasteiger partial charge in [0, 0.05) is 12.1 Å². The Bertz CT molecular complexity index is 1470. The fourth-order valence-electron chi connectivity index (χ4n) is 3.63. The number of hydrogen-bond donors (Lipinski definition) is 0. The van der Waals surface area contributed by atoms with Gasteiger partial charge < -0.3 is 4.74 Å². The minimum absolute atomic E-state index is 0.117. The number of non-ortho nitro benzene ring substituents is 1. The maximum absolute atomic E-state index is 13.4. The van der Waals surface area contributed by atoms with Crippen LogP contribution in [-0.2, 0) is 9.53 Å². The van der Waals surface area contributed by atoms with Gasteiger partial charge in [0.1, 0.15) is 5.82 Å². The van der Waals surface area contributed by atoms with Crippen molar-refractivity contribution in [2.75, 3.05) is 6.61 Å². The number of esters is 1. The second-order valence-corrected chi connectivity index (χ2v) is 8.22. The van der Waals surface area contributed by atoms with E-state index in [0.717, 1.165) is 11.3 Å². The molecule has 0 spiro atoms. The molecule has 0 fully saturated rings. The molecule has 0 amide bonds. The van der Waals surface area contributed by atoms with Crippen LogP contribution in [0.1, 0.15) is 31.0 Å². The van der Waals surface area contributed by atoms with Gasteiger partial charge in [-0.2, -0.15) is 0 Å². The average molecular weight is 467 g/mol. The highest BCUT2D eigenvalue weighted by Crippen LogP contribution is 2.32. The zero-order chi connectivity index (χ0) is 23.7. The summed E-state index contributed by atoms with van der Waals surface area (Å²) in [5, 5.41) is 11.3. The highest BCUT2D eigenvalue weighted by Gasteiger charge is 2.34. The summed E-state index contributed by atoms with van der Waals surface area (Å²) in [6.45, 7) is 3.41. The van der Waals surface area contributed by atoms with Crippen LogP contribution in [0.2, 0.25) is 0 Å². The number of aromatic nitrogens is 1. The molecule has 0 saturated heterocycles. The van der Waals surface area contributed by atoms with Crippen molar-refractivity contribution in [3.8, 4) is 0 Å². The van der Waals surface area contributed by atoms with Crippen LogP contribution in [0.15, 0.2) is 69.6 Å². The van der Waals surface area contributed by atoms with E-state index in [1.165, 1.54) is 34.9 Å². The molecule has 1 unspecified atom stereocenters. The lowest BCUT2D eigenvalue weighted by atomic mass is 9.95. The minimum atomic E-state index is -0.949. The number of nitro benzene ring substituents is 1. The van der Waals surface area contributed by atoms with Crippen molar-refractivity contribution in [1.29, 1.82) is 0 Å². The Morgan fingerprint density at radius 3 is 2.70 bits per heavy atom. The molecule has 4 rings (SSSR count). The number of rotatable bonds is 5. The number of hydrogen-bond acceptors (Lipinski definition) is 7. The van der Waals surface area contributed by atoms with Crippen LogP contribution in [0.3, 0.4) is 0 Å². The summed E-state index contributed by atoms with van der Waals surface area (Å²) in [4.78, 5) is 41.9. The van der Waals surface area contributed by atoms with Crippen molar-refractivity contribution in [1.82, 2.24) is 4.57 Å². The van der Waals surface area contributed by atoms with Crippen LogP contribution < -0.4 is 14.9 Å². The fraction of sp³-hybridized carbons (Fsp3) is 0.174. The second-order valence-electron chi connectivity index (χ2n) is 7.21. The molecule has 0 bridgehead atoms. The van der Waals surface area contributed by atoms with Crippen LogP contribution in [0.4, 0.5) is 10.1 Å². The topological polar surface area (TPSA) is 104 Å². The van der Waals surface area contributed by atoms with E-state index in [0.29, 0.717) is 26.2 Å². The van der Waals surface area contributed by atoms with E-state index in [9.17, 15) is 24.1 Å². The van der Waals surface area contributed by atoms with Gasteiger partial charge in [-0.25, -0.2) is 14.2 Å². The van der Waals surface area contributed by atoms with Crippen molar-refractivity contribution in [2.45, 2.75) is 19.9 Å². The number of fused-ring (bicyclic) bond motifs is 1. The number of benzene rings is 2. The Balaban J connectivity index is 1.97. The van der Waals surface area contributed by atoms with Crippen molar-refractivity contribution >= 4 is 29.1 Å². The molecule has 8 nitrogen and oxygen atoms in total. The Morgan fingerprint density at radius 1 is 1.30 bits per heavy atom. The number of allylic oxidation sites excluding steroid dienone is 1. The lowest BCUT2D eigenvalue weighted by Gasteiger charge is -2.24. The van der Waals surface area contributed by atoms with Gasteiger partial charge in [-0.05, 0) is 43.2 Å². The smallest absolute Gasteiger partial charge is 0.338 e. The van der Waals surface area contributed by atoms with Crippen LogP contribution in [-0.4, -0.2) is 22.1 Å². The summed E-state index contributed by atoms with van der Waals surface area (Å²) in [7, 11) is 0. The molecule has 3 aromatic rings. The Kier molecular flexibility index (Phi) is 6.01. The average Bonchev–Trinajstić information content (AvgIpc) is 3.09. The highest BCUT2D eigenvalue weighted by atomic mass is 32.1. The molecule has 1 aromatic heterocycles.